The van der Waals surface area contributed by atoms with Crippen molar-refractivity contribution in [1.29, 1.82) is 0 Å². The highest BCUT2D eigenvalue weighted by Gasteiger charge is 2.32. The van der Waals surface area contributed by atoms with Crippen molar-refractivity contribution in [2.75, 3.05) is 32.8 Å². The minimum Gasteiger partial charge on any atom is -0.491 e. The minimum atomic E-state index is -0.487. The van der Waals surface area contributed by atoms with Crippen LogP contribution in [-0.2, 0) is 0 Å². The summed E-state index contributed by atoms with van der Waals surface area (Å²) >= 11 is 0. The lowest BCUT2D eigenvalue weighted by Crippen LogP contribution is -2.45. The van der Waals surface area contributed by atoms with Crippen LogP contribution in [0.15, 0.2) is 18.2 Å². The molecule has 0 bridgehead atoms. The van der Waals surface area contributed by atoms with Gasteiger partial charge in [0.15, 0.2) is 0 Å². The molecule has 2 rings (SSSR count). The molecular formula is C19H31NO3. The molecule has 0 aliphatic carbocycles. The minimum absolute atomic E-state index is 0.0942. The molecule has 0 saturated carbocycles. The maximum atomic E-state index is 10.2. The van der Waals surface area contributed by atoms with Crippen molar-refractivity contribution in [3.8, 4) is 5.75 Å². The van der Waals surface area contributed by atoms with E-state index in [-0.39, 0.29) is 12.0 Å². The van der Waals surface area contributed by atoms with Crippen molar-refractivity contribution in [3.05, 3.63) is 29.3 Å². The topological polar surface area (TPSA) is 52.9 Å². The van der Waals surface area contributed by atoms with Gasteiger partial charge in [0.05, 0.1) is 0 Å². The molecule has 1 saturated heterocycles. The molecule has 4 heteroatoms. The van der Waals surface area contributed by atoms with Gasteiger partial charge in [-0.3, -0.25) is 0 Å². The number of piperidine rings is 1. The molecule has 1 aromatic rings. The second-order valence-electron chi connectivity index (χ2n) is 7.05. The fourth-order valence-corrected chi connectivity index (χ4v) is 3.33. The quantitative estimate of drug-likeness (QED) is 0.810. The van der Waals surface area contributed by atoms with Gasteiger partial charge >= 0.3 is 0 Å². The summed E-state index contributed by atoms with van der Waals surface area (Å²) in [5.74, 6) is 0.846. The van der Waals surface area contributed by atoms with Crippen LogP contribution in [0.4, 0.5) is 0 Å². The summed E-state index contributed by atoms with van der Waals surface area (Å²) in [6.45, 7) is 9.34. The van der Waals surface area contributed by atoms with Crippen LogP contribution in [0.5, 0.6) is 5.75 Å². The monoisotopic (exact) mass is 321 g/mol. The van der Waals surface area contributed by atoms with Crippen LogP contribution in [0.2, 0.25) is 0 Å². The number of hydrogen-bond donors (Lipinski definition) is 2. The second kappa shape index (κ2) is 8.13. The predicted octanol–water partition coefficient (Wildman–Crippen LogP) is 2.53. The number of likely N-dealkylation sites (tertiary alicyclic amines) is 1. The molecule has 1 aromatic carbocycles. The third kappa shape index (κ3) is 4.93. The third-order valence-corrected chi connectivity index (χ3v) is 5.23. The van der Waals surface area contributed by atoms with Crippen molar-refractivity contribution in [2.24, 2.45) is 5.41 Å². The van der Waals surface area contributed by atoms with E-state index in [1.54, 1.807) is 0 Å². The Hall–Kier alpha value is -1.10. The molecule has 4 nitrogen and oxygen atoms in total. The van der Waals surface area contributed by atoms with Gasteiger partial charge in [-0.15, -0.1) is 0 Å². The third-order valence-electron chi connectivity index (χ3n) is 5.23. The van der Waals surface area contributed by atoms with Crippen LogP contribution >= 0.6 is 0 Å². The highest BCUT2D eigenvalue weighted by Crippen LogP contribution is 2.34. The van der Waals surface area contributed by atoms with E-state index < -0.39 is 6.10 Å². The maximum Gasteiger partial charge on any atom is 0.122 e. The van der Waals surface area contributed by atoms with Gasteiger partial charge in [0.2, 0.25) is 0 Å². The summed E-state index contributed by atoms with van der Waals surface area (Å²) in [5, 5.41) is 19.8. The molecule has 1 aliphatic heterocycles. The van der Waals surface area contributed by atoms with Crippen molar-refractivity contribution in [3.63, 3.8) is 0 Å². The Morgan fingerprint density at radius 2 is 1.96 bits per heavy atom. The highest BCUT2D eigenvalue weighted by molar-refractivity contribution is 5.35. The predicted molar refractivity (Wildman–Crippen MR) is 92.9 cm³/mol. The highest BCUT2D eigenvalue weighted by atomic mass is 16.5. The summed E-state index contributed by atoms with van der Waals surface area (Å²) in [6, 6.07) is 6.08. The maximum absolute atomic E-state index is 10.2. The first-order valence-electron chi connectivity index (χ1n) is 8.69. The largest absolute Gasteiger partial charge is 0.491 e. The number of nitrogens with zero attached hydrogens (tertiary/aromatic N) is 1. The lowest BCUT2D eigenvalue weighted by molar-refractivity contribution is 0.0120. The number of aliphatic hydroxyl groups excluding tert-OH is 2. The molecule has 1 atom stereocenters. The Bertz CT molecular complexity index is 489. The summed E-state index contributed by atoms with van der Waals surface area (Å²) in [4.78, 5) is 2.28. The Kier molecular flexibility index (Phi) is 6.45. The molecule has 1 unspecified atom stereocenters. The average molecular weight is 321 g/mol. The van der Waals surface area contributed by atoms with E-state index in [2.05, 4.69) is 24.8 Å². The lowest BCUT2D eigenvalue weighted by Gasteiger charge is -2.40. The van der Waals surface area contributed by atoms with Gasteiger partial charge in [-0.25, -0.2) is 0 Å². The van der Waals surface area contributed by atoms with Crippen LogP contribution in [0.25, 0.3) is 0 Å². The van der Waals surface area contributed by atoms with E-state index >= 15 is 0 Å². The smallest absolute Gasteiger partial charge is 0.122 e. The molecule has 0 amide bonds. The van der Waals surface area contributed by atoms with Crippen molar-refractivity contribution < 1.29 is 14.9 Å². The number of hydrogen-bond acceptors (Lipinski definition) is 4. The zero-order valence-corrected chi connectivity index (χ0v) is 14.7. The van der Waals surface area contributed by atoms with E-state index in [1.807, 2.05) is 19.1 Å². The van der Waals surface area contributed by atoms with E-state index in [1.165, 1.54) is 5.56 Å². The molecule has 130 valence electrons. The zero-order chi connectivity index (χ0) is 16.9. The molecular weight excluding hydrogens is 290 g/mol. The van der Waals surface area contributed by atoms with Gasteiger partial charge in [-0.05, 0) is 63.2 Å². The van der Waals surface area contributed by atoms with Crippen LogP contribution in [0, 0.1) is 19.3 Å². The van der Waals surface area contributed by atoms with E-state index in [9.17, 15) is 10.2 Å². The SMILES string of the molecule is CCC1(CO)CCN(CC(O)COc2ccc(C)cc2C)CC1. The molecule has 1 fully saturated rings. The first kappa shape index (κ1) is 18.2. The summed E-state index contributed by atoms with van der Waals surface area (Å²) in [5.41, 5.74) is 2.41. The number of benzene rings is 1. The van der Waals surface area contributed by atoms with Gasteiger partial charge in [0.25, 0.3) is 0 Å². The Balaban J connectivity index is 1.76. The molecule has 0 spiro atoms. The van der Waals surface area contributed by atoms with Crippen molar-refractivity contribution >= 4 is 0 Å². The van der Waals surface area contributed by atoms with Crippen LogP contribution in [-0.4, -0.2) is 54.1 Å². The Morgan fingerprint density at radius 3 is 2.52 bits per heavy atom. The normalized spacial score (nSPS) is 19.5. The fraction of sp³-hybridized carbons (Fsp3) is 0.684. The Labute approximate surface area is 140 Å². The lowest BCUT2D eigenvalue weighted by atomic mass is 9.77. The number of aliphatic hydroxyl groups is 2. The summed E-state index contributed by atoms with van der Waals surface area (Å²) in [6.07, 6.45) is 2.55. The second-order valence-corrected chi connectivity index (χ2v) is 7.05. The van der Waals surface area contributed by atoms with Crippen molar-refractivity contribution in [2.45, 2.75) is 46.1 Å². The van der Waals surface area contributed by atoms with Crippen LogP contribution < -0.4 is 4.74 Å². The van der Waals surface area contributed by atoms with E-state index in [0.717, 1.165) is 43.7 Å². The Morgan fingerprint density at radius 1 is 1.26 bits per heavy atom. The van der Waals surface area contributed by atoms with Gasteiger partial charge < -0.3 is 19.8 Å². The zero-order valence-electron chi connectivity index (χ0n) is 14.7. The van der Waals surface area contributed by atoms with Gasteiger partial charge in [0, 0.05) is 13.2 Å². The number of rotatable bonds is 7. The molecule has 0 aromatic heterocycles. The first-order valence-corrected chi connectivity index (χ1v) is 8.69. The molecule has 1 heterocycles. The molecule has 2 N–H and O–H groups in total. The number of aryl methyl sites for hydroxylation is 2. The van der Waals surface area contributed by atoms with E-state index in [0.29, 0.717) is 13.2 Å². The van der Waals surface area contributed by atoms with Crippen LogP contribution in [0.1, 0.15) is 37.3 Å². The summed E-state index contributed by atoms with van der Waals surface area (Å²) < 4.78 is 5.76. The first-order chi connectivity index (χ1) is 11.0. The average Bonchev–Trinajstić information content (AvgIpc) is 2.55. The summed E-state index contributed by atoms with van der Waals surface area (Å²) in [7, 11) is 0. The molecule has 23 heavy (non-hydrogen) atoms. The van der Waals surface area contributed by atoms with Gasteiger partial charge in [-0.1, -0.05) is 24.6 Å². The number of β-amino-alcohol motifs (C(OH)–C–C–N with tert-alkyl or cyclic N) is 1. The number of ether oxygens (including phenoxy) is 1. The molecule has 1 aliphatic rings. The van der Waals surface area contributed by atoms with Crippen molar-refractivity contribution in [1.82, 2.24) is 4.90 Å². The van der Waals surface area contributed by atoms with Gasteiger partial charge in [-0.2, -0.15) is 0 Å². The fourth-order valence-electron chi connectivity index (χ4n) is 3.33. The van der Waals surface area contributed by atoms with Crippen LogP contribution in [0.3, 0.4) is 0 Å². The standard InChI is InChI=1S/C19H31NO3/c1-4-19(14-21)7-9-20(10-8-19)12-17(22)13-23-18-6-5-15(2)11-16(18)3/h5-6,11,17,21-22H,4,7-10,12-14H2,1-3H3. The van der Waals surface area contributed by atoms with Gasteiger partial charge in [0.1, 0.15) is 18.5 Å². The molecule has 0 radical (unpaired) electrons. The van der Waals surface area contributed by atoms with E-state index in [4.69, 9.17) is 4.74 Å².